The lowest BCUT2D eigenvalue weighted by molar-refractivity contribution is -0.107. The van der Waals surface area contributed by atoms with Gasteiger partial charge in [-0.1, -0.05) is 43.6 Å². The van der Waals surface area contributed by atoms with Gasteiger partial charge < -0.3 is 9.47 Å². The minimum absolute atomic E-state index is 0.206. The number of nitrogens with zero attached hydrogens (tertiary/aromatic N) is 1. The number of rotatable bonds is 10. The molecule has 2 rings (SSSR count). The lowest BCUT2D eigenvalue weighted by Crippen LogP contribution is -2.47. The summed E-state index contributed by atoms with van der Waals surface area (Å²) < 4.78 is 12.5. The van der Waals surface area contributed by atoms with Crippen molar-refractivity contribution in [2.75, 3.05) is 19.8 Å². The highest BCUT2D eigenvalue weighted by Crippen LogP contribution is 2.45. The molecule has 1 fully saturated rings. The first-order valence-electron chi connectivity index (χ1n) is 11.2. The first-order valence-corrected chi connectivity index (χ1v) is 11.2. The van der Waals surface area contributed by atoms with E-state index in [1.54, 1.807) is 5.57 Å². The van der Waals surface area contributed by atoms with E-state index in [2.05, 4.69) is 58.6 Å². The molecule has 0 radical (unpaired) electrons. The third-order valence-corrected chi connectivity index (χ3v) is 6.04. The Morgan fingerprint density at radius 3 is 2.85 bits per heavy atom. The zero-order valence-electron chi connectivity index (χ0n) is 18.7. The molecule has 1 aliphatic heterocycles. The molecule has 0 aromatic heterocycles. The van der Waals surface area contributed by atoms with Crippen molar-refractivity contribution in [3.63, 3.8) is 0 Å². The molecule has 0 saturated carbocycles. The van der Waals surface area contributed by atoms with E-state index < -0.39 is 0 Å². The largest absolute Gasteiger partial charge is 0.379 e. The number of allylic oxidation sites excluding steroid dienone is 4. The van der Waals surface area contributed by atoms with Gasteiger partial charge in [-0.05, 0) is 66.2 Å². The van der Waals surface area contributed by atoms with Gasteiger partial charge in [0.2, 0.25) is 0 Å². The Bertz CT molecular complexity index is 507. The Kier molecular flexibility index (Phi) is 9.04. The Morgan fingerprint density at radius 1 is 1.41 bits per heavy atom. The molecule has 1 aliphatic carbocycles. The molecule has 0 aromatic rings. The lowest BCUT2D eigenvalue weighted by atomic mass is 9.72. The summed E-state index contributed by atoms with van der Waals surface area (Å²) in [5.74, 6) is 0. The van der Waals surface area contributed by atoms with E-state index in [0.717, 1.165) is 32.6 Å². The summed E-state index contributed by atoms with van der Waals surface area (Å²) in [6.45, 7) is 16.2. The van der Waals surface area contributed by atoms with Gasteiger partial charge in [-0.25, -0.2) is 0 Å². The molecule has 0 N–H and O–H groups in total. The van der Waals surface area contributed by atoms with Crippen molar-refractivity contribution < 1.29 is 9.47 Å². The summed E-state index contributed by atoms with van der Waals surface area (Å²) >= 11 is 0. The number of hydrogen-bond donors (Lipinski definition) is 0. The zero-order valence-corrected chi connectivity index (χ0v) is 18.7. The highest BCUT2D eigenvalue weighted by atomic mass is 16.6. The fraction of sp³-hybridized carbons (Fsp3) is 0.833. The first-order chi connectivity index (χ1) is 12.9. The predicted molar refractivity (Wildman–Crippen MR) is 115 cm³/mol. The van der Waals surface area contributed by atoms with Crippen molar-refractivity contribution >= 4 is 0 Å². The molecular formula is C24H43NO2. The Morgan fingerprint density at radius 2 is 2.19 bits per heavy atom. The molecule has 27 heavy (non-hydrogen) atoms. The van der Waals surface area contributed by atoms with Crippen molar-refractivity contribution in [1.82, 2.24) is 4.90 Å². The third kappa shape index (κ3) is 6.73. The normalized spacial score (nSPS) is 29.2. The number of unbranched alkanes of at least 4 members (excludes halogenated alkanes) is 1. The maximum absolute atomic E-state index is 6.61. The van der Waals surface area contributed by atoms with Crippen molar-refractivity contribution in [2.45, 2.75) is 105 Å². The number of ether oxygens (including phenoxy) is 2. The van der Waals surface area contributed by atoms with E-state index >= 15 is 0 Å². The molecule has 2 aliphatic rings. The molecule has 0 spiro atoms. The van der Waals surface area contributed by atoms with Crippen LogP contribution in [0.3, 0.4) is 0 Å². The minimum Gasteiger partial charge on any atom is -0.379 e. The van der Waals surface area contributed by atoms with Crippen LogP contribution in [0, 0.1) is 5.41 Å². The first kappa shape index (κ1) is 22.6. The second kappa shape index (κ2) is 10.8. The molecule has 3 nitrogen and oxygen atoms in total. The average molecular weight is 378 g/mol. The lowest BCUT2D eigenvalue weighted by Gasteiger charge is -2.43. The highest BCUT2D eigenvalue weighted by molar-refractivity contribution is 5.13. The smallest absolute Gasteiger partial charge is 0.117 e. The van der Waals surface area contributed by atoms with Crippen molar-refractivity contribution in [2.24, 2.45) is 5.41 Å². The maximum atomic E-state index is 6.61. The van der Waals surface area contributed by atoms with Gasteiger partial charge in [0.05, 0.1) is 12.7 Å². The Balaban J connectivity index is 1.98. The van der Waals surface area contributed by atoms with E-state index in [0.29, 0.717) is 6.04 Å². The molecule has 0 bridgehead atoms. The summed E-state index contributed by atoms with van der Waals surface area (Å²) in [6, 6.07) is 0.507. The molecule has 156 valence electrons. The highest BCUT2D eigenvalue weighted by Gasteiger charge is 2.46. The molecule has 1 heterocycles. The maximum Gasteiger partial charge on any atom is 0.117 e. The van der Waals surface area contributed by atoms with Crippen LogP contribution in [-0.2, 0) is 9.47 Å². The molecular weight excluding hydrogens is 334 g/mol. The van der Waals surface area contributed by atoms with Crippen LogP contribution >= 0.6 is 0 Å². The predicted octanol–water partition coefficient (Wildman–Crippen LogP) is 6.10. The summed E-state index contributed by atoms with van der Waals surface area (Å²) in [6.07, 6.45) is 13.5. The van der Waals surface area contributed by atoms with Crippen LogP contribution < -0.4 is 0 Å². The topological polar surface area (TPSA) is 21.7 Å². The minimum atomic E-state index is 0.206. The van der Waals surface area contributed by atoms with Crippen LogP contribution in [-0.4, -0.2) is 43.0 Å². The molecule has 3 unspecified atom stereocenters. The van der Waals surface area contributed by atoms with Gasteiger partial charge in [0.25, 0.3) is 0 Å². The van der Waals surface area contributed by atoms with E-state index in [-0.39, 0.29) is 17.7 Å². The molecule has 3 heteroatoms. The average Bonchev–Trinajstić information content (AvgIpc) is 3.04. The fourth-order valence-electron chi connectivity index (χ4n) is 4.47. The summed E-state index contributed by atoms with van der Waals surface area (Å²) in [5, 5.41) is 0. The Labute approximate surface area is 168 Å². The van der Waals surface area contributed by atoms with Gasteiger partial charge in [0.15, 0.2) is 0 Å². The van der Waals surface area contributed by atoms with Gasteiger partial charge in [-0.2, -0.15) is 0 Å². The van der Waals surface area contributed by atoms with E-state index in [1.165, 1.54) is 37.7 Å². The van der Waals surface area contributed by atoms with Gasteiger partial charge in [0, 0.05) is 24.6 Å². The van der Waals surface area contributed by atoms with Crippen LogP contribution in [0.1, 0.15) is 86.5 Å². The summed E-state index contributed by atoms with van der Waals surface area (Å²) in [4.78, 5) is 2.58. The van der Waals surface area contributed by atoms with Gasteiger partial charge >= 0.3 is 0 Å². The van der Waals surface area contributed by atoms with Gasteiger partial charge in [0.1, 0.15) is 6.23 Å². The monoisotopic (exact) mass is 377 g/mol. The second-order valence-electron chi connectivity index (χ2n) is 9.38. The fourth-order valence-corrected chi connectivity index (χ4v) is 4.47. The van der Waals surface area contributed by atoms with Crippen molar-refractivity contribution in [3.8, 4) is 0 Å². The van der Waals surface area contributed by atoms with Crippen LogP contribution in [0.4, 0.5) is 0 Å². The van der Waals surface area contributed by atoms with Crippen LogP contribution in [0.15, 0.2) is 23.3 Å². The Hall–Kier alpha value is -0.640. The molecule has 1 saturated heterocycles. The van der Waals surface area contributed by atoms with Crippen molar-refractivity contribution in [3.05, 3.63) is 23.3 Å². The van der Waals surface area contributed by atoms with Crippen LogP contribution in [0.5, 0.6) is 0 Å². The molecule has 0 aromatic carbocycles. The van der Waals surface area contributed by atoms with Gasteiger partial charge in [-0.3, -0.25) is 4.90 Å². The van der Waals surface area contributed by atoms with Crippen molar-refractivity contribution in [1.29, 1.82) is 0 Å². The van der Waals surface area contributed by atoms with Crippen LogP contribution in [0.2, 0.25) is 0 Å². The standard InChI is InChI=1S/C24H43NO2/c1-7-8-15-26-18-22-17-25(20(4)5)23(27-22)24(6)14-10-13-21(16-24)12-9-11-19(2)3/h11,13,20,22-23H,7-10,12,14-18H2,1-6H3. The third-order valence-electron chi connectivity index (χ3n) is 6.04. The number of hydrogen-bond acceptors (Lipinski definition) is 3. The molecule has 3 atom stereocenters. The summed E-state index contributed by atoms with van der Waals surface area (Å²) in [7, 11) is 0. The molecule has 0 amide bonds. The van der Waals surface area contributed by atoms with E-state index in [4.69, 9.17) is 9.47 Å². The van der Waals surface area contributed by atoms with Crippen LogP contribution in [0.25, 0.3) is 0 Å². The quantitative estimate of drug-likeness (QED) is 0.339. The van der Waals surface area contributed by atoms with Gasteiger partial charge in [-0.15, -0.1) is 0 Å². The second-order valence-corrected chi connectivity index (χ2v) is 9.38. The van der Waals surface area contributed by atoms with E-state index in [1.807, 2.05) is 0 Å². The summed E-state index contributed by atoms with van der Waals surface area (Å²) in [5.41, 5.74) is 3.25. The zero-order chi connectivity index (χ0) is 19.9. The SMILES string of the molecule is CCCCOCC1CN(C(C)C)C(C2(C)CCC=C(CCC=C(C)C)C2)O1. The van der Waals surface area contributed by atoms with E-state index in [9.17, 15) is 0 Å².